The fraction of sp³-hybridized carbons (Fsp3) is 0.700. The number of nitriles is 1. The second kappa shape index (κ2) is 6.84. The van der Waals surface area contributed by atoms with Crippen LogP contribution in [0.15, 0.2) is 4.34 Å². The summed E-state index contributed by atoms with van der Waals surface area (Å²) in [4.78, 5) is 4.35. The third kappa shape index (κ3) is 4.47. The highest BCUT2D eigenvalue weighted by Gasteiger charge is 2.11. The molecule has 0 aliphatic rings. The van der Waals surface area contributed by atoms with Crippen molar-refractivity contribution in [1.82, 2.24) is 14.7 Å². The predicted molar refractivity (Wildman–Crippen MR) is 67.7 cm³/mol. The SMILES string of the molecule is CCc1nsc(SCC(C#N)NC(C)C)n1. The monoisotopic (exact) mass is 256 g/mol. The Labute approximate surface area is 105 Å². The van der Waals surface area contributed by atoms with Gasteiger partial charge in [0.2, 0.25) is 0 Å². The first kappa shape index (κ1) is 13.4. The van der Waals surface area contributed by atoms with E-state index in [9.17, 15) is 0 Å². The number of aryl methyl sites for hydroxylation is 1. The molecule has 88 valence electrons. The van der Waals surface area contributed by atoms with E-state index in [-0.39, 0.29) is 6.04 Å². The molecule has 1 heterocycles. The van der Waals surface area contributed by atoms with Gasteiger partial charge < -0.3 is 0 Å². The van der Waals surface area contributed by atoms with Gasteiger partial charge in [-0.05, 0) is 25.4 Å². The van der Waals surface area contributed by atoms with Crippen molar-refractivity contribution in [1.29, 1.82) is 5.26 Å². The summed E-state index contributed by atoms with van der Waals surface area (Å²) < 4.78 is 5.15. The number of hydrogen-bond donors (Lipinski definition) is 1. The van der Waals surface area contributed by atoms with E-state index in [2.05, 4.69) is 20.7 Å². The number of nitrogens with zero attached hydrogens (tertiary/aromatic N) is 3. The van der Waals surface area contributed by atoms with E-state index in [1.807, 2.05) is 20.8 Å². The minimum absolute atomic E-state index is 0.126. The molecule has 4 nitrogen and oxygen atoms in total. The average Bonchev–Trinajstić information content (AvgIpc) is 2.71. The summed E-state index contributed by atoms with van der Waals surface area (Å²) in [6, 6.07) is 2.45. The van der Waals surface area contributed by atoms with Crippen LogP contribution in [0.2, 0.25) is 0 Å². The van der Waals surface area contributed by atoms with Crippen LogP contribution >= 0.6 is 23.3 Å². The fourth-order valence-electron chi connectivity index (χ4n) is 1.12. The van der Waals surface area contributed by atoms with Crippen molar-refractivity contribution in [3.8, 4) is 6.07 Å². The summed E-state index contributed by atoms with van der Waals surface area (Å²) in [5.41, 5.74) is 0. The Morgan fingerprint density at radius 1 is 1.56 bits per heavy atom. The highest BCUT2D eigenvalue weighted by atomic mass is 32.2. The molecule has 1 N–H and O–H groups in total. The van der Waals surface area contributed by atoms with Crippen molar-refractivity contribution in [3.63, 3.8) is 0 Å². The lowest BCUT2D eigenvalue weighted by atomic mass is 10.3. The topological polar surface area (TPSA) is 61.6 Å². The fourth-order valence-corrected chi connectivity index (χ4v) is 2.80. The molecule has 0 saturated carbocycles. The molecule has 16 heavy (non-hydrogen) atoms. The Kier molecular flexibility index (Phi) is 5.74. The van der Waals surface area contributed by atoms with Gasteiger partial charge >= 0.3 is 0 Å². The summed E-state index contributed by atoms with van der Waals surface area (Å²) in [5, 5.41) is 12.1. The van der Waals surface area contributed by atoms with Gasteiger partial charge in [0.25, 0.3) is 0 Å². The molecule has 0 aliphatic heterocycles. The van der Waals surface area contributed by atoms with Gasteiger partial charge in [0.1, 0.15) is 11.9 Å². The highest BCUT2D eigenvalue weighted by Crippen LogP contribution is 2.20. The first-order chi connectivity index (χ1) is 7.65. The van der Waals surface area contributed by atoms with Crippen molar-refractivity contribution < 1.29 is 0 Å². The summed E-state index contributed by atoms with van der Waals surface area (Å²) in [6.45, 7) is 6.11. The van der Waals surface area contributed by atoms with Crippen LogP contribution in [0.25, 0.3) is 0 Å². The molecule has 0 bridgehead atoms. The number of nitrogens with one attached hydrogen (secondary N) is 1. The van der Waals surface area contributed by atoms with E-state index in [1.54, 1.807) is 11.8 Å². The number of rotatable bonds is 6. The Morgan fingerprint density at radius 2 is 2.31 bits per heavy atom. The molecule has 0 amide bonds. The van der Waals surface area contributed by atoms with E-state index in [4.69, 9.17) is 5.26 Å². The van der Waals surface area contributed by atoms with Gasteiger partial charge in [0, 0.05) is 18.2 Å². The molecule has 1 aromatic rings. The molecule has 1 atom stereocenters. The van der Waals surface area contributed by atoms with Crippen molar-refractivity contribution >= 4 is 23.3 Å². The lowest BCUT2D eigenvalue weighted by molar-refractivity contribution is 0.560. The Hall–Kier alpha value is -0.640. The van der Waals surface area contributed by atoms with Crippen molar-refractivity contribution in [3.05, 3.63) is 5.82 Å². The molecule has 0 aliphatic carbocycles. The molecule has 1 unspecified atom stereocenters. The van der Waals surface area contributed by atoms with Gasteiger partial charge in [0.15, 0.2) is 4.34 Å². The van der Waals surface area contributed by atoms with E-state index < -0.39 is 0 Å². The second-order valence-corrected chi connectivity index (χ2v) is 5.66. The van der Waals surface area contributed by atoms with Crippen LogP contribution in [0.5, 0.6) is 0 Å². The molecular weight excluding hydrogens is 240 g/mol. The minimum atomic E-state index is -0.126. The maximum Gasteiger partial charge on any atom is 0.170 e. The molecule has 0 saturated heterocycles. The van der Waals surface area contributed by atoms with E-state index in [0.717, 1.165) is 16.6 Å². The van der Waals surface area contributed by atoms with Gasteiger partial charge in [0.05, 0.1) is 6.07 Å². The minimum Gasteiger partial charge on any atom is -0.299 e. The highest BCUT2D eigenvalue weighted by molar-refractivity contribution is 8.00. The number of aromatic nitrogens is 2. The average molecular weight is 256 g/mol. The normalized spacial score (nSPS) is 12.7. The largest absolute Gasteiger partial charge is 0.299 e. The van der Waals surface area contributed by atoms with Gasteiger partial charge in [-0.2, -0.15) is 9.64 Å². The summed E-state index contributed by atoms with van der Waals surface area (Å²) in [5.74, 6) is 1.60. The van der Waals surface area contributed by atoms with Gasteiger partial charge in [-0.1, -0.05) is 18.7 Å². The Bertz CT molecular complexity index is 356. The molecule has 0 radical (unpaired) electrons. The predicted octanol–water partition coefficient (Wildman–Crippen LogP) is 2.08. The van der Waals surface area contributed by atoms with E-state index in [1.165, 1.54) is 11.5 Å². The van der Waals surface area contributed by atoms with Gasteiger partial charge in [-0.3, -0.25) is 5.32 Å². The molecule has 0 spiro atoms. The maximum atomic E-state index is 8.95. The standard InChI is InChI=1S/C10H16N4S2/c1-4-9-13-10(16-14-9)15-6-8(5-11)12-7(2)3/h7-8,12H,4,6H2,1-3H3. The van der Waals surface area contributed by atoms with Gasteiger partial charge in [-0.25, -0.2) is 4.98 Å². The number of hydrogen-bond acceptors (Lipinski definition) is 6. The zero-order chi connectivity index (χ0) is 12.0. The van der Waals surface area contributed by atoms with Crippen LogP contribution in [-0.2, 0) is 6.42 Å². The van der Waals surface area contributed by atoms with Gasteiger partial charge in [-0.15, -0.1) is 0 Å². The quantitative estimate of drug-likeness (QED) is 0.790. The summed E-state index contributed by atoms with van der Waals surface area (Å²) >= 11 is 3.00. The first-order valence-corrected chi connectivity index (χ1v) is 7.02. The molecular formula is C10H16N4S2. The van der Waals surface area contributed by atoms with Crippen LogP contribution in [0, 0.1) is 11.3 Å². The molecule has 0 fully saturated rings. The van der Waals surface area contributed by atoms with Crippen molar-refractivity contribution in [2.24, 2.45) is 0 Å². The van der Waals surface area contributed by atoms with Crippen molar-refractivity contribution in [2.75, 3.05) is 5.75 Å². The summed E-state index contributed by atoms with van der Waals surface area (Å²) in [6.07, 6.45) is 0.864. The lowest BCUT2D eigenvalue weighted by Gasteiger charge is -2.12. The van der Waals surface area contributed by atoms with Crippen molar-refractivity contribution in [2.45, 2.75) is 43.6 Å². The maximum absolute atomic E-state index is 8.95. The second-order valence-electron chi connectivity index (χ2n) is 3.64. The third-order valence-corrected chi connectivity index (χ3v) is 3.79. The molecule has 1 rings (SSSR count). The van der Waals surface area contributed by atoms with E-state index >= 15 is 0 Å². The summed E-state index contributed by atoms with van der Waals surface area (Å²) in [7, 11) is 0. The smallest absolute Gasteiger partial charge is 0.170 e. The zero-order valence-corrected chi connectivity index (χ0v) is 11.4. The molecule has 0 aromatic carbocycles. The van der Waals surface area contributed by atoms with E-state index in [0.29, 0.717) is 11.8 Å². The van der Waals surface area contributed by atoms with Crippen LogP contribution in [0.3, 0.4) is 0 Å². The lowest BCUT2D eigenvalue weighted by Crippen LogP contribution is -2.35. The van der Waals surface area contributed by atoms with Crippen LogP contribution in [0.1, 0.15) is 26.6 Å². The first-order valence-electron chi connectivity index (χ1n) is 5.26. The molecule has 1 aromatic heterocycles. The Morgan fingerprint density at radius 3 is 2.81 bits per heavy atom. The van der Waals surface area contributed by atoms with Crippen LogP contribution in [0.4, 0.5) is 0 Å². The Balaban J connectivity index is 2.40. The van der Waals surface area contributed by atoms with Crippen LogP contribution in [-0.4, -0.2) is 27.2 Å². The number of thioether (sulfide) groups is 1. The zero-order valence-electron chi connectivity index (χ0n) is 9.73. The van der Waals surface area contributed by atoms with Crippen LogP contribution < -0.4 is 5.32 Å². The molecule has 6 heteroatoms. The third-order valence-electron chi connectivity index (χ3n) is 1.83.